The van der Waals surface area contributed by atoms with E-state index >= 15 is 0 Å². The quantitative estimate of drug-likeness (QED) is 0.728. The lowest BCUT2D eigenvalue weighted by molar-refractivity contribution is -0.137. The van der Waals surface area contributed by atoms with Crippen molar-refractivity contribution in [3.05, 3.63) is 64.6 Å². The number of aromatic nitrogens is 2. The molecule has 0 saturated heterocycles. The Morgan fingerprint density at radius 2 is 1.60 bits per heavy atom. The average molecular weight is 278 g/mol. The van der Waals surface area contributed by atoms with Gasteiger partial charge in [-0.2, -0.15) is 13.2 Å². The van der Waals surface area contributed by atoms with Crippen molar-refractivity contribution in [2.45, 2.75) is 6.18 Å². The number of H-pyrrole nitrogens is 1. The van der Waals surface area contributed by atoms with E-state index in [1.54, 1.807) is 24.3 Å². The molecule has 0 fully saturated rings. The Kier molecular flexibility index (Phi) is 2.67. The van der Waals surface area contributed by atoms with Gasteiger partial charge in [0.2, 0.25) is 0 Å². The van der Waals surface area contributed by atoms with Gasteiger partial charge in [-0.1, -0.05) is 12.1 Å². The van der Waals surface area contributed by atoms with E-state index in [0.29, 0.717) is 16.7 Å². The third kappa shape index (κ3) is 1.99. The van der Waals surface area contributed by atoms with E-state index in [4.69, 9.17) is 0 Å². The highest BCUT2D eigenvalue weighted by Crippen LogP contribution is 2.29. The van der Waals surface area contributed by atoms with Crippen LogP contribution in [0.4, 0.5) is 13.2 Å². The minimum atomic E-state index is -4.39. The summed E-state index contributed by atoms with van der Waals surface area (Å²) in [6.07, 6.45) is -4.39. The van der Waals surface area contributed by atoms with E-state index in [2.05, 4.69) is 4.98 Å². The smallest absolute Gasteiger partial charge is 0.305 e. The lowest BCUT2D eigenvalue weighted by atomic mass is 10.2. The van der Waals surface area contributed by atoms with Gasteiger partial charge < -0.3 is 4.98 Å². The second-order valence-electron chi connectivity index (χ2n) is 4.33. The topological polar surface area (TPSA) is 37.8 Å². The first kappa shape index (κ1) is 12.5. The highest BCUT2D eigenvalue weighted by atomic mass is 19.4. The minimum absolute atomic E-state index is 0.383. The maximum Gasteiger partial charge on any atom is 0.416 e. The third-order valence-corrected chi connectivity index (χ3v) is 3.04. The number of hydrogen-bond acceptors (Lipinski definition) is 1. The van der Waals surface area contributed by atoms with Gasteiger partial charge in [-0.15, -0.1) is 0 Å². The molecule has 0 unspecified atom stereocenters. The summed E-state index contributed by atoms with van der Waals surface area (Å²) in [5, 5.41) is 0. The zero-order valence-electron chi connectivity index (χ0n) is 10.1. The number of rotatable bonds is 1. The SMILES string of the molecule is O=c1[nH]c2ccccc2n1-c1ccc(C(F)(F)F)cc1. The van der Waals surface area contributed by atoms with Crippen LogP contribution in [0.2, 0.25) is 0 Å². The molecule has 0 aliphatic heterocycles. The van der Waals surface area contributed by atoms with E-state index in [9.17, 15) is 18.0 Å². The van der Waals surface area contributed by atoms with Crippen LogP contribution in [0, 0.1) is 0 Å². The van der Waals surface area contributed by atoms with Gasteiger partial charge in [0.15, 0.2) is 0 Å². The molecule has 102 valence electrons. The number of nitrogens with one attached hydrogen (secondary N) is 1. The summed E-state index contributed by atoms with van der Waals surface area (Å²) in [6, 6.07) is 11.5. The zero-order valence-corrected chi connectivity index (χ0v) is 10.1. The maximum absolute atomic E-state index is 12.5. The van der Waals surface area contributed by atoms with Gasteiger partial charge in [0.25, 0.3) is 0 Å². The highest BCUT2D eigenvalue weighted by molar-refractivity contribution is 5.77. The van der Waals surface area contributed by atoms with Crippen molar-refractivity contribution >= 4 is 11.0 Å². The first-order chi connectivity index (χ1) is 9.47. The predicted molar refractivity (Wildman–Crippen MR) is 68.9 cm³/mol. The molecule has 0 amide bonds. The molecule has 0 saturated carbocycles. The van der Waals surface area contributed by atoms with E-state index in [0.717, 1.165) is 12.1 Å². The number of nitrogens with zero attached hydrogens (tertiary/aromatic N) is 1. The van der Waals surface area contributed by atoms with Gasteiger partial charge in [0, 0.05) is 0 Å². The van der Waals surface area contributed by atoms with Crippen molar-refractivity contribution in [3.8, 4) is 5.69 Å². The van der Waals surface area contributed by atoms with Crippen LogP contribution in [0.3, 0.4) is 0 Å². The second-order valence-corrected chi connectivity index (χ2v) is 4.33. The zero-order chi connectivity index (χ0) is 14.3. The fourth-order valence-electron chi connectivity index (χ4n) is 2.11. The molecule has 3 nitrogen and oxygen atoms in total. The Labute approximate surface area is 111 Å². The first-order valence-electron chi connectivity index (χ1n) is 5.84. The number of benzene rings is 2. The van der Waals surface area contributed by atoms with Crippen LogP contribution in [0.1, 0.15) is 5.56 Å². The van der Waals surface area contributed by atoms with Crippen LogP contribution in [0.5, 0.6) is 0 Å². The van der Waals surface area contributed by atoms with Gasteiger partial charge in [0.1, 0.15) is 0 Å². The summed E-state index contributed by atoms with van der Waals surface area (Å²) < 4.78 is 38.9. The van der Waals surface area contributed by atoms with E-state index in [1.807, 2.05) is 0 Å². The van der Waals surface area contributed by atoms with Gasteiger partial charge in [-0.05, 0) is 36.4 Å². The van der Waals surface area contributed by atoms with Crippen molar-refractivity contribution < 1.29 is 13.2 Å². The van der Waals surface area contributed by atoms with Gasteiger partial charge in [0.05, 0.1) is 22.3 Å². The van der Waals surface area contributed by atoms with Crippen molar-refractivity contribution in [1.82, 2.24) is 9.55 Å². The number of para-hydroxylation sites is 2. The highest BCUT2D eigenvalue weighted by Gasteiger charge is 2.30. The molecule has 20 heavy (non-hydrogen) atoms. The summed E-state index contributed by atoms with van der Waals surface area (Å²) >= 11 is 0. The summed E-state index contributed by atoms with van der Waals surface area (Å²) in [7, 11) is 0. The fraction of sp³-hybridized carbons (Fsp3) is 0.0714. The lowest BCUT2D eigenvalue weighted by Gasteiger charge is -2.08. The van der Waals surface area contributed by atoms with Crippen molar-refractivity contribution in [2.75, 3.05) is 0 Å². The summed E-state index contributed by atoms with van der Waals surface area (Å²) in [5.74, 6) is 0. The third-order valence-electron chi connectivity index (χ3n) is 3.04. The number of imidazole rings is 1. The number of fused-ring (bicyclic) bond motifs is 1. The summed E-state index contributed by atoms with van der Waals surface area (Å²) in [4.78, 5) is 14.6. The Morgan fingerprint density at radius 1 is 0.950 bits per heavy atom. The van der Waals surface area contributed by atoms with E-state index in [-0.39, 0.29) is 5.69 Å². The molecule has 3 aromatic rings. The van der Waals surface area contributed by atoms with Gasteiger partial charge in [-0.25, -0.2) is 4.79 Å². The Balaban J connectivity index is 2.17. The molecule has 0 aliphatic carbocycles. The minimum Gasteiger partial charge on any atom is -0.305 e. The molecule has 0 bridgehead atoms. The molecule has 6 heteroatoms. The van der Waals surface area contributed by atoms with Gasteiger partial charge in [-0.3, -0.25) is 4.57 Å². The number of hydrogen-bond donors (Lipinski definition) is 1. The molecule has 0 radical (unpaired) electrons. The molecular weight excluding hydrogens is 269 g/mol. The molecule has 3 rings (SSSR count). The normalized spacial score (nSPS) is 11.9. The van der Waals surface area contributed by atoms with Crippen molar-refractivity contribution in [1.29, 1.82) is 0 Å². The molecule has 0 atom stereocenters. The molecular formula is C14H9F3N2O. The van der Waals surface area contributed by atoms with Crippen LogP contribution in [-0.4, -0.2) is 9.55 Å². The van der Waals surface area contributed by atoms with Crippen LogP contribution in [-0.2, 0) is 6.18 Å². The van der Waals surface area contributed by atoms with Crippen molar-refractivity contribution in [2.24, 2.45) is 0 Å². The number of alkyl halides is 3. The van der Waals surface area contributed by atoms with E-state index < -0.39 is 11.7 Å². The molecule has 1 aromatic heterocycles. The molecule has 1 N–H and O–H groups in total. The predicted octanol–water partition coefficient (Wildman–Crippen LogP) is 3.34. The maximum atomic E-state index is 12.5. The molecule has 0 aliphatic rings. The molecule has 2 aromatic carbocycles. The molecule has 1 heterocycles. The standard InChI is InChI=1S/C14H9F3N2O/c15-14(16,17)9-5-7-10(8-6-9)19-12-4-2-1-3-11(12)18-13(19)20/h1-8H,(H,18,20). The largest absolute Gasteiger partial charge is 0.416 e. The van der Waals surface area contributed by atoms with E-state index in [1.165, 1.54) is 16.7 Å². The summed E-state index contributed by atoms with van der Waals surface area (Å²) in [6.45, 7) is 0. The van der Waals surface area contributed by atoms with Crippen LogP contribution in [0.25, 0.3) is 16.7 Å². The average Bonchev–Trinajstić information content (AvgIpc) is 2.73. The second kappa shape index (κ2) is 4.26. The lowest BCUT2D eigenvalue weighted by Crippen LogP contribution is -2.15. The summed E-state index contributed by atoms with van der Waals surface area (Å²) in [5.41, 5.74) is 0.523. The molecule has 0 spiro atoms. The fourth-order valence-corrected chi connectivity index (χ4v) is 2.11. The Hall–Kier alpha value is -2.50. The van der Waals surface area contributed by atoms with Crippen LogP contribution < -0.4 is 5.69 Å². The number of aromatic amines is 1. The van der Waals surface area contributed by atoms with Gasteiger partial charge >= 0.3 is 11.9 Å². The Morgan fingerprint density at radius 3 is 2.25 bits per heavy atom. The van der Waals surface area contributed by atoms with Crippen LogP contribution in [0.15, 0.2) is 53.3 Å². The van der Waals surface area contributed by atoms with Crippen LogP contribution >= 0.6 is 0 Å². The monoisotopic (exact) mass is 278 g/mol. The number of halogens is 3. The van der Waals surface area contributed by atoms with Crippen molar-refractivity contribution in [3.63, 3.8) is 0 Å². The Bertz CT molecular complexity index is 813. The first-order valence-corrected chi connectivity index (χ1v) is 5.84.